The molecule has 5 heteroatoms. The number of nitrogens with zero attached hydrogens (tertiary/aromatic N) is 2. The minimum absolute atomic E-state index is 0.454. The average Bonchev–Trinajstić information content (AvgIpc) is 2.47. The standard InChI is InChI=1S/C15H16BrN3S/c1-2-12-6-7-20-15(18-12)19-13-5-3-4-10-8-11(16)9-17-14(10)13/h3-5,8-9,12H,2,6-7H2,1H3,(H,18,19). The van der Waals surface area contributed by atoms with Crippen molar-refractivity contribution in [3.63, 3.8) is 0 Å². The SMILES string of the molecule is CCC1CCSC(Nc2cccc3cc(Br)cnc23)=N1. The molecular formula is C15H16BrN3S. The van der Waals surface area contributed by atoms with Gasteiger partial charge in [-0.1, -0.05) is 30.8 Å². The van der Waals surface area contributed by atoms with Crippen molar-refractivity contribution in [2.45, 2.75) is 25.8 Å². The summed E-state index contributed by atoms with van der Waals surface area (Å²) >= 11 is 5.25. The van der Waals surface area contributed by atoms with Crippen LogP contribution in [0.2, 0.25) is 0 Å². The lowest BCUT2D eigenvalue weighted by Crippen LogP contribution is -2.19. The minimum atomic E-state index is 0.454. The van der Waals surface area contributed by atoms with Crippen LogP contribution in [0.4, 0.5) is 5.69 Å². The Labute approximate surface area is 131 Å². The number of aliphatic imine (C=N–C) groups is 1. The van der Waals surface area contributed by atoms with Crippen LogP contribution in [-0.4, -0.2) is 21.9 Å². The molecule has 0 saturated carbocycles. The summed E-state index contributed by atoms with van der Waals surface area (Å²) in [5, 5.41) is 5.58. The molecule has 3 rings (SSSR count). The predicted octanol–water partition coefficient (Wildman–Crippen LogP) is 4.68. The molecule has 0 radical (unpaired) electrons. The number of hydrogen-bond donors (Lipinski definition) is 1. The Bertz CT molecular complexity index is 657. The molecule has 1 aromatic heterocycles. The zero-order chi connectivity index (χ0) is 13.9. The third-order valence-corrected chi connectivity index (χ3v) is 4.73. The molecule has 2 heterocycles. The summed E-state index contributed by atoms with van der Waals surface area (Å²) < 4.78 is 0.998. The highest BCUT2D eigenvalue weighted by atomic mass is 79.9. The Balaban J connectivity index is 1.93. The van der Waals surface area contributed by atoms with E-state index in [1.165, 1.54) is 6.42 Å². The molecule has 1 atom stereocenters. The molecule has 1 N–H and O–H groups in total. The molecule has 0 amide bonds. The van der Waals surface area contributed by atoms with Gasteiger partial charge in [0.05, 0.1) is 17.2 Å². The number of benzene rings is 1. The van der Waals surface area contributed by atoms with E-state index in [1.807, 2.05) is 12.3 Å². The van der Waals surface area contributed by atoms with Gasteiger partial charge in [0, 0.05) is 21.8 Å². The van der Waals surface area contributed by atoms with E-state index >= 15 is 0 Å². The number of hydrogen-bond acceptors (Lipinski definition) is 4. The van der Waals surface area contributed by atoms with Gasteiger partial charge in [-0.05, 0) is 40.9 Å². The van der Waals surface area contributed by atoms with Crippen LogP contribution in [-0.2, 0) is 0 Å². The summed E-state index contributed by atoms with van der Waals surface area (Å²) in [6.45, 7) is 2.19. The Kier molecular flexibility index (Phi) is 4.27. The van der Waals surface area contributed by atoms with Crippen molar-refractivity contribution < 1.29 is 0 Å². The van der Waals surface area contributed by atoms with Crippen molar-refractivity contribution in [3.05, 3.63) is 34.9 Å². The summed E-state index contributed by atoms with van der Waals surface area (Å²) in [5.41, 5.74) is 2.01. The maximum Gasteiger partial charge on any atom is 0.161 e. The number of pyridine rings is 1. The van der Waals surface area contributed by atoms with Crippen LogP contribution in [0.25, 0.3) is 10.9 Å². The van der Waals surface area contributed by atoms with Crippen molar-refractivity contribution in [2.75, 3.05) is 11.1 Å². The van der Waals surface area contributed by atoms with Crippen LogP contribution in [0.3, 0.4) is 0 Å². The fraction of sp³-hybridized carbons (Fsp3) is 0.333. The third-order valence-electron chi connectivity index (χ3n) is 3.38. The number of amidine groups is 1. The lowest BCUT2D eigenvalue weighted by atomic mass is 10.2. The molecule has 0 saturated heterocycles. The average molecular weight is 350 g/mol. The summed E-state index contributed by atoms with van der Waals surface area (Å²) in [6.07, 6.45) is 4.11. The highest BCUT2D eigenvalue weighted by Gasteiger charge is 2.15. The molecule has 1 unspecified atom stereocenters. The van der Waals surface area contributed by atoms with Crippen molar-refractivity contribution in [2.24, 2.45) is 4.99 Å². The Morgan fingerprint density at radius 1 is 1.45 bits per heavy atom. The number of fused-ring (bicyclic) bond motifs is 1. The van der Waals surface area contributed by atoms with E-state index in [0.29, 0.717) is 6.04 Å². The summed E-state index contributed by atoms with van der Waals surface area (Å²) in [6, 6.07) is 8.71. The first kappa shape index (κ1) is 13.9. The van der Waals surface area contributed by atoms with Crippen LogP contribution in [0, 0.1) is 0 Å². The van der Waals surface area contributed by atoms with Crippen molar-refractivity contribution >= 4 is 49.4 Å². The molecule has 0 spiro atoms. The topological polar surface area (TPSA) is 37.3 Å². The molecule has 0 bridgehead atoms. The van der Waals surface area contributed by atoms with E-state index in [1.54, 1.807) is 11.8 Å². The molecule has 2 aromatic rings. The first-order chi connectivity index (χ1) is 9.76. The van der Waals surface area contributed by atoms with Crippen molar-refractivity contribution in [3.8, 4) is 0 Å². The van der Waals surface area contributed by atoms with Gasteiger partial charge in [-0.25, -0.2) is 0 Å². The molecule has 1 aliphatic heterocycles. The predicted molar refractivity (Wildman–Crippen MR) is 91.7 cm³/mol. The second kappa shape index (κ2) is 6.14. The van der Waals surface area contributed by atoms with E-state index in [4.69, 9.17) is 4.99 Å². The van der Waals surface area contributed by atoms with Gasteiger partial charge >= 0.3 is 0 Å². The summed E-state index contributed by atoms with van der Waals surface area (Å²) in [5.74, 6) is 1.13. The number of thioether (sulfide) groups is 1. The second-order valence-electron chi connectivity index (χ2n) is 4.79. The van der Waals surface area contributed by atoms with Gasteiger partial charge in [-0.3, -0.25) is 9.98 Å². The number of rotatable bonds is 2. The van der Waals surface area contributed by atoms with Crippen LogP contribution >= 0.6 is 27.7 Å². The van der Waals surface area contributed by atoms with E-state index in [-0.39, 0.29) is 0 Å². The number of halogens is 1. The molecule has 1 aromatic carbocycles. The molecule has 0 aliphatic carbocycles. The largest absolute Gasteiger partial charge is 0.333 e. The number of para-hydroxylation sites is 1. The lowest BCUT2D eigenvalue weighted by Gasteiger charge is -2.20. The van der Waals surface area contributed by atoms with Crippen molar-refractivity contribution in [1.29, 1.82) is 0 Å². The fourth-order valence-corrected chi connectivity index (χ4v) is 3.61. The molecule has 1 aliphatic rings. The van der Waals surface area contributed by atoms with Gasteiger partial charge in [0.15, 0.2) is 5.17 Å². The minimum Gasteiger partial charge on any atom is -0.333 e. The highest BCUT2D eigenvalue weighted by Crippen LogP contribution is 2.26. The smallest absolute Gasteiger partial charge is 0.161 e. The third kappa shape index (κ3) is 2.99. The van der Waals surface area contributed by atoms with Gasteiger partial charge in [0.25, 0.3) is 0 Å². The first-order valence-electron chi connectivity index (χ1n) is 6.78. The highest BCUT2D eigenvalue weighted by molar-refractivity contribution is 9.10. The van der Waals surface area contributed by atoms with Crippen LogP contribution in [0.5, 0.6) is 0 Å². The maximum absolute atomic E-state index is 4.75. The van der Waals surface area contributed by atoms with Gasteiger partial charge in [-0.2, -0.15) is 0 Å². The van der Waals surface area contributed by atoms with Crippen molar-refractivity contribution in [1.82, 2.24) is 4.98 Å². The van der Waals surface area contributed by atoms with E-state index in [0.717, 1.165) is 38.4 Å². The van der Waals surface area contributed by atoms with Gasteiger partial charge < -0.3 is 5.32 Å². The quantitative estimate of drug-likeness (QED) is 0.854. The monoisotopic (exact) mass is 349 g/mol. The number of anilines is 1. The van der Waals surface area contributed by atoms with Gasteiger partial charge in [0.2, 0.25) is 0 Å². The van der Waals surface area contributed by atoms with Gasteiger partial charge in [0.1, 0.15) is 0 Å². The summed E-state index contributed by atoms with van der Waals surface area (Å²) in [7, 11) is 0. The molecule has 3 nitrogen and oxygen atoms in total. The lowest BCUT2D eigenvalue weighted by molar-refractivity contribution is 0.634. The first-order valence-corrected chi connectivity index (χ1v) is 8.56. The molecular weight excluding hydrogens is 334 g/mol. The van der Waals surface area contributed by atoms with E-state index in [2.05, 4.69) is 51.4 Å². The number of nitrogens with one attached hydrogen (secondary N) is 1. The van der Waals surface area contributed by atoms with Gasteiger partial charge in [-0.15, -0.1) is 0 Å². The van der Waals surface area contributed by atoms with Crippen LogP contribution in [0.15, 0.2) is 39.9 Å². The van der Waals surface area contributed by atoms with E-state index < -0.39 is 0 Å². The molecule has 104 valence electrons. The fourth-order valence-electron chi connectivity index (χ4n) is 2.27. The van der Waals surface area contributed by atoms with Crippen LogP contribution in [0.1, 0.15) is 19.8 Å². The Hall–Kier alpha value is -1.07. The van der Waals surface area contributed by atoms with Crippen LogP contribution < -0.4 is 5.32 Å². The maximum atomic E-state index is 4.75. The molecule has 0 fully saturated rings. The number of aromatic nitrogens is 1. The van der Waals surface area contributed by atoms with E-state index in [9.17, 15) is 0 Å². The zero-order valence-electron chi connectivity index (χ0n) is 11.3. The zero-order valence-corrected chi connectivity index (χ0v) is 13.7. The normalized spacial score (nSPS) is 18.9. The molecule has 20 heavy (non-hydrogen) atoms. The second-order valence-corrected chi connectivity index (χ2v) is 6.79. The Morgan fingerprint density at radius 2 is 2.35 bits per heavy atom. The Morgan fingerprint density at radius 3 is 3.20 bits per heavy atom. The summed E-state index contributed by atoms with van der Waals surface area (Å²) in [4.78, 5) is 9.26.